The Morgan fingerprint density at radius 2 is 1.73 bits per heavy atom. The van der Waals surface area contributed by atoms with Crippen molar-refractivity contribution in [3.63, 3.8) is 0 Å². The number of ether oxygens (including phenoxy) is 2. The monoisotopic (exact) mass is 910 g/mol. The number of rotatable bonds is 17. The number of aromatic nitrogens is 2. The first-order valence-electron chi connectivity index (χ1n) is 21.6. The number of carbonyl (C=O) groups is 3. The molecule has 5 atom stereocenters. The summed E-state index contributed by atoms with van der Waals surface area (Å²) in [5.74, 6) is -3.49. The highest BCUT2D eigenvalue weighted by Crippen LogP contribution is 2.37. The quantitative estimate of drug-likeness (QED) is 0.0812. The van der Waals surface area contributed by atoms with Crippen LogP contribution in [0.25, 0.3) is 21.7 Å². The zero-order chi connectivity index (χ0) is 44.6. The average molecular weight is 911 g/mol. The number of nitrogens with one attached hydrogen (secondary N) is 2. The topological polar surface area (TPSA) is 146 Å². The molecule has 12 nitrogen and oxygen atoms in total. The van der Waals surface area contributed by atoms with Crippen LogP contribution in [0.2, 0.25) is 0 Å². The Labute approximate surface area is 374 Å². The number of aliphatic hydroxyl groups excluding tert-OH is 1. The van der Waals surface area contributed by atoms with E-state index in [9.17, 15) is 28.3 Å². The van der Waals surface area contributed by atoms with E-state index in [0.717, 1.165) is 65.2 Å². The minimum Gasteiger partial charge on any atom is -0.490 e. The van der Waals surface area contributed by atoms with Gasteiger partial charge in [0, 0.05) is 52.9 Å². The third kappa shape index (κ3) is 11.8. The molecule has 62 heavy (non-hydrogen) atoms. The Morgan fingerprint density at radius 1 is 1.02 bits per heavy atom. The van der Waals surface area contributed by atoms with Crippen molar-refractivity contribution in [3.8, 4) is 27.4 Å². The number of β-amino-alcohol motifs (C(OH)–C–C–N with tert-alkyl or cyclic N) is 1. The fourth-order valence-corrected chi connectivity index (χ4v) is 10.7. The number of benzene rings is 2. The zero-order valence-corrected chi connectivity index (χ0v) is 40.2. The predicted molar refractivity (Wildman–Crippen MR) is 243 cm³/mol. The van der Waals surface area contributed by atoms with Gasteiger partial charge in [-0.15, -0.1) is 22.7 Å². The number of aryl methyl sites for hydroxylation is 1. The first-order chi connectivity index (χ1) is 29.6. The SMILES string of the molecule is Cc1ncsc1-c1ccc([C@H](C)NC(=O)C2C[C@@H](O)CN(C(=O)[C@@H](NC(=O)CCCCCCCOc3c(-c4csc(N5CCOCC5)n4)ccc(F)c3F)C(C)(C)C)C2[SiH3])cc1. The predicted octanol–water partition coefficient (Wildman–Crippen LogP) is 6.39. The maximum absolute atomic E-state index is 15.0. The van der Waals surface area contributed by atoms with E-state index in [2.05, 4.69) is 25.5 Å². The number of amides is 3. The van der Waals surface area contributed by atoms with Crippen LogP contribution in [-0.4, -0.2) is 105 Å². The highest BCUT2D eigenvalue weighted by molar-refractivity contribution is 7.14. The highest BCUT2D eigenvalue weighted by atomic mass is 32.1. The fourth-order valence-electron chi connectivity index (χ4n) is 8.00. The fraction of sp³-hybridized carbons (Fsp3) is 0.533. The number of nitrogens with zero attached hydrogens (tertiary/aromatic N) is 4. The third-order valence-electron chi connectivity index (χ3n) is 11.7. The Morgan fingerprint density at radius 3 is 2.42 bits per heavy atom. The lowest BCUT2D eigenvalue weighted by molar-refractivity contribution is -0.147. The van der Waals surface area contributed by atoms with Crippen molar-refractivity contribution in [3.05, 3.63) is 70.2 Å². The van der Waals surface area contributed by atoms with Crippen LogP contribution >= 0.6 is 22.7 Å². The molecule has 4 heterocycles. The molecule has 3 N–H and O–H groups in total. The van der Waals surface area contributed by atoms with Crippen molar-refractivity contribution in [1.29, 1.82) is 0 Å². The second-order valence-corrected chi connectivity index (χ2v) is 20.3. The number of hydrogen-bond donors (Lipinski definition) is 3. The molecule has 2 aromatic carbocycles. The van der Waals surface area contributed by atoms with Crippen LogP contribution in [0.3, 0.4) is 0 Å². The number of unbranched alkanes of at least 4 members (excludes halogenated alkanes) is 4. The van der Waals surface area contributed by atoms with E-state index in [4.69, 9.17) is 9.47 Å². The number of piperidine rings is 1. The molecule has 0 radical (unpaired) electrons. The lowest BCUT2D eigenvalue weighted by atomic mass is 9.84. The maximum Gasteiger partial charge on any atom is 0.245 e. The van der Waals surface area contributed by atoms with Gasteiger partial charge in [0.05, 0.1) is 59.7 Å². The summed E-state index contributed by atoms with van der Waals surface area (Å²) < 4.78 is 40.5. The van der Waals surface area contributed by atoms with E-state index in [1.807, 2.05) is 69.8 Å². The van der Waals surface area contributed by atoms with Gasteiger partial charge in [-0.3, -0.25) is 14.4 Å². The van der Waals surface area contributed by atoms with Gasteiger partial charge < -0.3 is 35.0 Å². The minimum atomic E-state index is -1.04. The van der Waals surface area contributed by atoms with Crippen LogP contribution in [0, 0.1) is 29.9 Å². The summed E-state index contributed by atoms with van der Waals surface area (Å²) in [6.07, 6.45) is 3.16. The smallest absolute Gasteiger partial charge is 0.245 e. The maximum atomic E-state index is 15.0. The lowest BCUT2D eigenvalue weighted by Gasteiger charge is -2.44. The summed E-state index contributed by atoms with van der Waals surface area (Å²) in [5.41, 5.74) is 4.75. The van der Waals surface area contributed by atoms with Gasteiger partial charge in [0.15, 0.2) is 16.7 Å². The number of thiazole rings is 2. The molecule has 4 aromatic rings. The van der Waals surface area contributed by atoms with Gasteiger partial charge in [0.2, 0.25) is 23.5 Å². The van der Waals surface area contributed by atoms with Crippen LogP contribution < -0.4 is 20.3 Å². The van der Waals surface area contributed by atoms with E-state index in [0.29, 0.717) is 47.6 Å². The van der Waals surface area contributed by atoms with Crippen LogP contribution in [0.4, 0.5) is 13.9 Å². The normalized spacial score (nSPS) is 19.3. The van der Waals surface area contributed by atoms with E-state index in [-0.39, 0.29) is 61.2 Å². The number of halogens is 2. The van der Waals surface area contributed by atoms with Crippen molar-refractivity contribution in [2.45, 2.75) is 103 Å². The number of hydrogen-bond acceptors (Lipinski definition) is 11. The average Bonchev–Trinajstić information content (AvgIpc) is 3.92. The number of anilines is 1. The first kappa shape index (κ1) is 47.2. The van der Waals surface area contributed by atoms with Gasteiger partial charge in [-0.1, -0.05) is 64.3 Å². The third-order valence-corrected chi connectivity index (χ3v) is 15.0. The molecule has 0 spiro atoms. The van der Waals surface area contributed by atoms with Crippen molar-refractivity contribution < 1.29 is 37.7 Å². The molecular weight excluding hydrogens is 851 g/mol. The second kappa shape index (κ2) is 21.4. The molecule has 0 aliphatic carbocycles. The second-order valence-electron chi connectivity index (χ2n) is 17.4. The highest BCUT2D eigenvalue weighted by Gasteiger charge is 2.44. The van der Waals surface area contributed by atoms with Gasteiger partial charge in [-0.05, 0) is 61.8 Å². The Hall–Kier alpha value is -4.29. The summed E-state index contributed by atoms with van der Waals surface area (Å²) in [5, 5.41) is 19.7. The van der Waals surface area contributed by atoms with Crippen LogP contribution in [-0.2, 0) is 19.1 Å². The molecule has 2 unspecified atom stereocenters. The molecule has 2 aromatic heterocycles. The number of morpholine rings is 1. The first-order valence-corrected chi connectivity index (χ1v) is 24.5. The summed E-state index contributed by atoms with van der Waals surface area (Å²) >= 11 is 3.03. The molecule has 2 fully saturated rings. The molecule has 0 saturated carbocycles. The van der Waals surface area contributed by atoms with Crippen molar-refractivity contribution >= 4 is 55.8 Å². The summed E-state index contributed by atoms with van der Waals surface area (Å²) in [6.45, 7) is 12.6. The molecule has 6 rings (SSSR count). The molecule has 2 aliphatic rings. The van der Waals surface area contributed by atoms with E-state index < -0.39 is 35.1 Å². The van der Waals surface area contributed by atoms with Crippen LogP contribution in [0.5, 0.6) is 5.75 Å². The van der Waals surface area contributed by atoms with E-state index >= 15 is 0 Å². The van der Waals surface area contributed by atoms with Crippen molar-refractivity contribution in [1.82, 2.24) is 25.5 Å². The van der Waals surface area contributed by atoms with Gasteiger partial charge in [0.1, 0.15) is 6.04 Å². The molecule has 336 valence electrons. The van der Waals surface area contributed by atoms with Crippen LogP contribution in [0.1, 0.15) is 89.9 Å². The largest absolute Gasteiger partial charge is 0.490 e. The van der Waals surface area contributed by atoms with Gasteiger partial charge in [-0.25, -0.2) is 14.4 Å². The van der Waals surface area contributed by atoms with Gasteiger partial charge in [-0.2, -0.15) is 4.39 Å². The van der Waals surface area contributed by atoms with E-state index in [1.54, 1.807) is 16.2 Å². The molecule has 2 aliphatic heterocycles. The summed E-state index contributed by atoms with van der Waals surface area (Å²) in [6, 6.07) is 9.50. The number of likely N-dealkylation sites (tertiary alicyclic amines) is 1. The van der Waals surface area contributed by atoms with Crippen molar-refractivity contribution in [2.75, 3.05) is 44.4 Å². The van der Waals surface area contributed by atoms with Crippen molar-refractivity contribution in [2.24, 2.45) is 11.3 Å². The van der Waals surface area contributed by atoms with Gasteiger partial charge >= 0.3 is 0 Å². The zero-order valence-electron chi connectivity index (χ0n) is 36.5. The van der Waals surface area contributed by atoms with E-state index in [1.165, 1.54) is 17.4 Å². The summed E-state index contributed by atoms with van der Waals surface area (Å²) in [7, 11) is 0.496. The molecule has 3 amide bonds. The Kier molecular flexibility index (Phi) is 16.3. The van der Waals surface area contributed by atoms with Gasteiger partial charge in [0.25, 0.3) is 0 Å². The number of aliphatic hydroxyl groups is 1. The standard InChI is InChI=1S/C45H60F2N6O6S2Si/c1-27(29-12-14-30(15-13-29)39-28(2)48-26-61-39)49-41(56)33-23-31(54)24-53(43(33)62)42(57)40(45(3,4)5)51-36(55)11-9-7-6-8-10-20-59-38-32(16-17-34(46)37(38)47)35-25-60-44(50-35)52-18-21-58-22-19-52/h12-17,25-27,31,33,40,43,54H,6-11,18-24H2,1-5,62H3,(H,49,56)(H,51,55)/t27-,31+,33?,40+,43?/m0/s1. The molecule has 0 bridgehead atoms. The molecule has 2 saturated heterocycles. The lowest BCUT2D eigenvalue weighted by Crippen LogP contribution is -2.63. The number of carbonyl (C=O) groups excluding carboxylic acids is 3. The Balaban J connectivity index is 0.948. The Bertz CT molecular complexity index is 2140. The minimum absolute atomic E-state index is 0.102. The summed E-state index contributed by atoms with van der Waals surface area (Å²) in [4.78, 5) is 55.0. The molecular formula is C45H60F2N6O6S2Si. The van der Waals surface area contributed by atoms with Crippen LogP contribution in [0.15, 0.2) is 47.3 Å². The molecule has 17 heteroatoms.